The Morgan fingerprint density at radius 3 is 1.85 bits per heavy atom. The molecule has 20 heavy (non-hydrogen) atoms. The third-order valence-corrected chi connectivity index (χ3v) is 6.34. The topological polar surface area (TPSA) is 20.2 Å². The molecule has 1 aliphatic carbocycles. The van der Waals surface area contributed by atoms with Gasteiger partial charge in [-0.05, 0) is 41.8 Å². The van der Waals surface area contributed by atoms with Crippen molar-refractivity contribution in [1.82, 2.24) is 0 Å². The van der Waals surface area contributed by atoms with E-state index in [0.29, 0.717) is 5.54 Å². The molecule has 0 fully saturated rings. The van der Waals surface area contributed by atoms with Gasteiger partial charge in [0, 0.05) is 5.54 Å². The summed E-state index contributed by atoms with van der Waals surface area (Å²) >= 11 is 0. The molecule has 1 atom stereocenters. The maximum absolute atomic E-state index is 10.5. The predicted molar refractivity (Wildman–Crippen MR) is 87.8 cm³/mol. The quantitative estimate of drug-likeness (QED) is 0.817. The Balaban J connectivity index is 2.10. The molecule has 2 heteroatoms. The molecule has 0 heterocycles. The smallest absolute Gasteiger partial charge is 0.190 e. The highest BCUT2D eigenvalue weighted by Crippen LogP contribution is 2.54. The van der Waals surface area contributed by atoms with E-state index < -0.39 is 8.32 Å². The first-order chi connectivity index (χ1) is 9.57. The molecule has 0 aliphatic heterocycles. The van der Waals surface area contributed by atoms with Gasteiger partial charge in [-0.3, -0.25) is 0 Å². The van der Waals surface area contributed by atoms with Gasteiger partial charge in [-0.2, -0.15) is 0 Å². The van der Waals surface area contributed by atoms with Crippen LogP contribution in [0.4, 0.5) is 0 Å². The van der Waals surface area contributed by atoms with E-state index in [4.69, 9.17) is 0 Å². The van der Waals surface area contributed by atoms with Gasteiger partial charge in [0.2, 0.25) is 0 Å². The van der Waals surface area contributed by atoms with Crippen molar-refractivity contribution in [2.75, 3.05) is 0 Å². The molecule has 2 aromatic rings. The zero-order valence-corrected chi connectivity index (χ0v) is 13.0. The molecular weight excluding hydrogens is 260 g/mol. The summed E-state index contributed by atoms with van der Waals surface area (Å²) < 4.78 is 0. The van der Waals surface area contributed by atoms with Crippen molar-refractivity contribution in [3.63, 3.8) is 0 Å². The number of hydrogen-bond acceptors (Lipinski definition) is 1. The summed E-state index contributed by atoms with van der Waals surface area (Å²) in [5, 5.41) is 0. The fourth-order valence-electron chi connectivity index (χ4n) is 3.00. The minimum Gasteiger partial charge on any atom is -0.432 e. The predicted octanol–water partition coefficient (Wildman–Crippen LogP) is 4.57. The SMILES string of the molecule is C[Si](C)(O)C1CC(c2ccccc2)=C1c1ccccc1. The maximum atomic E-state index is 10.5. The highest BCUT2D eigenvalue weighted by Gasteiger charge is 2.42. The second kappa shape index (κ2) is 5.04. The molecule has 0 saturated carbocycles. The molecule has 1 N–H and O–H groups in total. The van der Waals surface area contributed by atoms with Crippen molar-refractivity contribution in [2.24, 2.45) is 0 Å². The van der Waals surface area contributed by atoms with Crippen molar-refractivity contribution in [3.05, 3.63) is 71.8 Å². The molecule has 2 aromatic carbocycles. The lowest BCUT2D eigenvalue weighted by molar-refractivity contribution is 0.534. The Bertz CT molecular complexity index is 623. The van der Waals surface area contributed by atoms with Crippen molar-refractivity contribution in [3.8, 4) is 0 Å². The highest BCUT2D eigenvalue weighted by atomic mass is 28.4. The van der Waals surface area contributed by atoms with Gasteiger partial charge in [-0.1, -0.05) is 60.7 Å². The highest BCUT2D eigenvalue weighted by molar-refractivity contribution is 6.74. The van der Waals surface area contributed by atoms with E-state index in [0.717, 1.165) is 6.42 Å². The normalized spacial score (nSPS) is 18.9. The molecule has 3 rings (SSSR count). The summed E-state index contributed by atoms with van der Waals surface area (Å²) in [6.07, 6.45) is 1.00. The molecule has 1 aliphatic rings. The standard InChI is InChI=1S/C18H20OSi/c1-20(2,19)17-13-16(14-9-5-3-6-10-14)18(17)15-11-7-4-8-12-15/h3-12,17,19H,13H2,1-2H3. The van der Waals surface area contributed by atoms with Gasteiger partial charge in [0.1, 0.15) is 0 Å². The number of allylic oxidation sites excluding steroid dienone is 2. The van der Waals surface area contributed by atoms with Crippen molar-refractivity contribution in [1.29, 1.82) is 0 Å². The lowest BCUT2D eigenvalue weighted by atomic mass is 9.79. The molecular formula is C18H20OSi. The first-order valence-corrected chi connectivity index (χ1v) is 10.2. The Morgan fingerprint density at radius 1 is 0.850 bits per heavy atom. The zero-order chi connectivity index (χ0) is 14.2. The number of benzene rings is 2. The van der Waals surface area contributed by atoms with Crippen molar-refractivity contribution >= 4 is 19.5 Å². The fraction of sp³-hybridized carbons (Fsp3) is 0.222. The second-order valence-electron chi connectivity index (χ2n) is 6.03. The van der Waals surface area contributed by atoms with Crippen LogP contribution in [0.2, 0.25) is 18.6 Å². The van der Waals surface area contributed by atoms with Crippen molar-refractivity contribution < 1.29 is 4.80 Å². The lowest BCUT2D eigenvalue weighted by Crippen LogP contribution is -2.37. The molecule has 102 valence electrons. The maximum Gasteiger partial charge on any atom is 0.190 e. The minimum absolute atomic E-state index is 0.347. The molecule has 0 bridgehead atoms. The van der Waals surface area contributed by atoms with Crippen LogP contribution in [0.1, 0.15) is 17.5 Å². The summed E-state index contributed by atoms with van der Waals surface area (Å²) in [6, 6.07) is 21.1. The van der Waals surface area contributed by atoms with Crippen LogP contribution in [-0.2, 0) is 0 Å². The largest absolute Gasteiger partial charge is 0.432 e. The number of hydrogen-bond donors (Lipinski definition) is 1. The van der Waals surface area contributed by atoms with Gasteiger partial charge in [0.05, 0.1) is 0 Å². The molecule has 0 amide bonds. The first-order valence-electron chi connectivity index (χ1n) is 7.13. The first kappa shape index (κ1) is 13.3. The van der Waals surface area contributed by atoms with E-state index in [-0.39, 0.29) is 0 Å². The second-order valence-corrected chi connectivity index (χ2v) is 10.0. The molecule has 1 nitrogen and oxygen atoms in total. The van der Waals surface area contributed by atoms with Gasteiger partial charge in [-0.25, -0.2) is 0 Å². The molecule has 1 unspecified atom stereocenters. The minimum atomic E-state index is -2.15. The monoisotopic (exact) mass is 280 g/mol. The van der Waals surface area contributed by atoms with E-state index >= 15 is 0 Å². The van der Waals surface area contributed by atoms with E-state index in [1.54, 1.807) is 0 Å². The van der Waals surface area contributed by atoms with Crippen LogP contribution in [0.5, 0.6) is 0 Å². The van der Waals surface area contributed by atoms with Crippen LogP contribution in [0, 0.1) is 0 Å². The molecule has 0 aromatic heterocycles. The van der Waals surface area contributed by atoms with Crippen LogP contribution < -0.4 is 0 Å². The zero-order valence-electron chi connectivity index (χ0n) is 12.0. The summed E-state index contributed by atoms with van der Waals surface area (Å²) in [6.45, 7) is 4.09. The van der Waals surface area contributed by atoms with E-state index in [1.165, 1.54) is 22.3 Å². The summed E-state index contributed by atoms with van der Waals surface area (Å²) in [5.41, 5.74) is 5.66. The van der Waals surface area contributed by atoms with Gasteiger partial charge in [-0.15, -0.1) is 0 Å². The third-order valence-electron chi connectivity index (χ3n) is 4.14. The molecule has 0 saturated heterocycles. The Hall–Kier alpha value is -1.64. The fourth-order valence-corrected chi connectivity index (χ4v) is 4.76. The average Bonchev–Trinajstić information content (AvgIpc) is 2.38. The van der Waals surface area contributed by atoms with Crippen LogP contribution in [0.15, 0.2) is 60.7 Å². The third kappa shape index (κ3) is 2.37. The van der Waals surface area contributed by atoms with Crippen LogP contribution in [0.3, 0.4) is 0 Å². The van der Waals surface area contributed by atoms with Crippen LogP contribution in [-0.4, -0.2) is 13.1 Å². The van der Waals surface area contributed by atoms with Gasteiger partial charge in [0.15, 0.2) is 8.32 Å². The van der Waals surface area contributed by atoms with E-state index in [9.17, 15) is 4.80 Å². The van der Waals surface area contributed by atoms with Crippen LogP contribution >= 0.6 is 0 Å². The summed E-state index contributed by atoms with van der Waals surface area (Å²) in [7, 11) is -2.15. The Labute approximate surface area is 121 Å². The van der Waals surface area contributed by atoms with Crippen molar-refractivity contribution in [2.45, 2.75) is 25.1 Å². The average molecular weight is 280 g/mol. The van der Waals surface area contributed by atoms with Gasteiger partial charge < -0.3 is 4.80 Å². The Morgan fingerprint density at radius 2 is 1.35 bits per heavy atom. The van der Waals surface area contributed by atoms with Crippen LogP contribution in [0.25, 0.3) is 11.1 Å². The summed E-state index contributed by atoms with van der Waals surface area (Å²) in [5.74, 6) is 0. The summed E-state index contributed by atoms with van der Waals surface area (Å²) in [4.78, 5) is 10.5. The number of rotatable bonds is 3. The van der Waals surface area contributed by atoms with E-state index in [2.05, 4.69) is 48.5 Å². The molecule has 0 radical (unpaired) electrons. The van der Waals surface area contributed by atoms with Gasteiger partial charge >= 0.3 is 0 Å². The Kier molecular flexibility index (Phi) is 3.36. The van der Waals surface area contributed by atoms with E-state index in [1.807, 2.05) is 25.2 Å². The molecule has 0 spiro atoms. The van der Waals surface area contributed by atoms with Gasteiger partial charge in [0.25, 0.3) is 0 Å². The lowest BCUT2D eigenvalue weighted by Gasteiger charge is -2.40.